The Hall–Kier alpha value is -2.40. The van der Waals surface area contributed by atoms with Gasteiger partial charge in [0.05, 0.1) is 5.56 Å². The van der Waals surface area contributed by atoms with Crippen molar-refractivity contribution in [1.82, 2.24) is 5.32 Å². The predicted molar refractivity (Wildman–Crippen MR) is 89.5 cm³/mol. The zero-order valence-corrected chi connectivity index (χ0v) is 13.6. The molecule has 1 aliphatic carbocycles. The molecule has 1 aliphatic rings. The van der Waals surface area contributed by atoms with E-state index in [1.807, 2.05) is 6.92 Å². The summed E-state index contributed by atoms with van der Waals surface area (Å²) in [6, 6.07) is 10.00. The maximum atomic E-state index is 12.9. The lowest BCUT2D eigenvalue weighted by Crippen LogP contribution is -2.26. The van der Waals surface area contributed by atoms with Crippen LogP contribution in [0.5, 0.6) is 0 Å². The number of hydrogen-bond donors (Lipinski definition) is 1. The van der Waals surface area contributed by atoms with Crippen LogP contribution in [0, 0.1) is 0 Å². The van der Waals surface area contributed by atoms with E-state index in [2.05, 4.69) is 5.32 Å². The van der Waals surface area contributed by atoms with Crippen LogP contribution < -0.4 is 5.32 Å². The molecule has 23 heavy (non-hydrogen) atoms. The number of thioether (sulfide) groups is 1. The topological polar surface area (TPSA) is 63.2 Å². The molecule has 5 heteroatoms. The molecular formula is C18H15NO3S. The molecule has 1 N–H and O–H groups in total. The predicted octanol–water partition coefficient (Wildman–Crippen LogP) is 2.93. The van der Waals surface area contributed by atoms with E-state index in [1.54, 1.807) is 42.7 Å². The van der Waals surface area contributed by atoms with Crippen molar-refractivity contribution in [3.8, 4) is 0 Å². The van der Waals surface area contributed by atoms with Gasteiger partial charge >= 0.3 is 0 Å². The first-order valence-corrected chi connectivity index (χ1v) is 8.50. The van der Waals surface area contributed by atoms with Gasteiger partial charge in [0.25, 0.3) is 5.91 Å². The summed E-state index contributed by atoms with van der Waals surface area (Å²) in [5.74, 6) is -0.614. The van der Waals surface area contributed by atoms with Crippen LogP contribution in [0.4, 0.5) is 0 Å². The van der Waals surface area contributed by atoms with Crippen molar-refractivity contribution in [2.75, 3.05) is 12.8 Å². The summed E-state index contributed by atoms with van der Waals surface area (Å²) in [5, 5.41) is 2.74. The first-order valence-electron chi connectivity index (χ1n) is 7.27. The molecule has 3 rings (SSSR count). The highest BCUT2D eigenvalue weighted by atomic mass is 32.2. The van der Waals surface area contributed by atoms with Gasteiger partial charge in [-0.05, 0) is 25.3 Å². The quantitative estimate of drug-likeness (QED) is 0.752. The minimum absolute atomic E-state index is 0.173. The van der Waals surface area contributed by atoms with E-state index in [9.17, 15) is 14.4 Å². The van der Waals surface area contributed by atoms with Crippen molar-refractivity contribution in [2.24, 2.45) is 0 Å². The molecule has 2 aromatic rings. The number of ketones is 2. The Labute approximate surface area is 138 Å². The van der Waals surface area contributed by atoms with Crippen LogP contribution in [0.15, 0.2) is 41.3 Å². The number of amides is 1. The van der Waals surface area contributed by atoms with Crippen molar-refractivity contribution < 1.29 is 14.4 Å². The average Bonchev–Trinajstić information content (AvgIpc) is 2.58. The van der Waals surface area contributed by atoms with Gasteiger partial charge in [-0.25, -0.2) is 0 Å². The summed E-state index contributed by atoms with van der Waals surface area (Å²) >= 11 is 1.31. The third kappa shape index (κ3) is 2.37. The molecule has 0 aliphatic heterocycles. The van der Waals surface area contributed by atoms with E-state index >= 15 is 0 Å². The molecule has 2 aromatic carbocycles. The number of carbonyl (C=O) groups is 3. The molecule has 116 valence electrons. The molecule has 0 atom stereocenters. The van der Waals surface area contributed by atoms with Crippen molar-refractivity contribution >= 4 is 29.2 Å². The number of rotatable bonds is 3. The second kappa shape index (κ2) is 6.01. The normalized spacial score (nSPS) is 12.6. The van der Waals surface area contributed by atoms with Gasteiger partial charge in [-0.3, -0.25) is 14.4 Å². The molecule has 0 bridgehead atoms. The lowest BCUT2D eigenvalue weighted by atomic mass is 9.83. The molecule has 0 saturated carbocycles. The molecule has 1 amide bonds. The number of benzene rings is 2. The molecule has 0 unspecified atom stereocenters. The highest BCUT2D eigenvalue weighted by Gasteiger charge is 2.33. The standard InChI is InChI=1S/C18H15NO3S/c1-3-19-18(22)13-9-8-12-14(17(13)23-2)16(21)11-7-5-4-6-10(11)15(12)20/h4-9H,3H2,1-2H3,(H,19,22). The molecule has 0 radical (unpaired) electrons. The summed E-state index contributed by atoms with van der Waals surface area (Å²) in [7, 11) is 0. The number of nitrogens with one attached hydrogen (secondary N) is 1. The van der Waals surface area contributed by atoms with E-state index in [0.717, 1.165) is 0 Å². The fraction of sp³-hybridized carbons (Fsp3) is 0.167. The second-order valence-electron chi connectivity index (χ2n) is 5.13. The molecule has 0 aromatic heterocycles. The van der Waals surface area contributed by atoms with Crippen LogP contribution in [0.25, 0.3) is 0 Å². The van der Waals surface area contributed by atoms with Gasteiger partial charge in [0.2, 0.25) is 0 Å². The average molecular weight is 325 g/mol. The van der Waals surface area contributed by atoms with E-state index in [4.69, 9.17) is 0 Å². The number of carbonyl (C=O) groups excluding carboxylic acids is 3. The minimum atomic E-state index is -0.237. The lowest BCUT2D eigenvalue weighted by Gasteiger charge is -2.21. The van der Waals surface area contributed by atoms with Crippen molar-refractivity contribution in [2.45, 2.75) is 11.8 Å². The van der Waals surface area contributed by atoms with Gasteiger partial charge in [0.1, 0.15) is 0 Å². The third-order valence-corrected chi connectivity index (χ3v) is 4.66. The summed E-state index contributed by atoms with van der Waals surface area (Å²) in [6.45, 7) is 2.33. The monoisotopic (exact) mass is 325 g/mol. The highest BCUT2D eigenvalue weighted by Crippen LogP contribution is 2.35. The SMILES string of the molecule is CCNC(=O)c1ccc2c(c1SC)C(=O)c1ccccc1C2=O. The van der Waals surface area contributed by atoms with Crippen molar-refractivity contribution in [1.29, 1.82) is 0 Å². The zero-order valence-electron chi connectivity index (χ0n) is 12.8. The largest absolute Gasteiger partial charge is 0.352 e. The van der Waals surface area contributed by atoms with Crippen LogP contribution in [0.2, 0.25) is 0 Å². The Bertz CT molecular complexity index is 842. The number of fused-ring (bicyclic) bond motifs is 2. The van der Waals surface area contributed by atoms with Crippen LogP contribution >= 0.6 is 11.8 Å². The van der Waals surface area contributed by atoms with Crippen LogP contribution in [0.3, 0.4) is 0 Å². The van der Waals surface area contributed by atoms with Crippen LogP contribution in [-0.2, 0) is 0 Å². The van der Waals surface area contributed by atoms with Crippen molar-refractivity contribution in [3.05, 3.63) is 64.2 Å². The lowest BCUT2D eigenvalue weighted by molar-refractivity contribution is 0.0949. The van der Waals surface area contributed by atoms with Gasteiger partial charge in [0, 0.05) is 33.7 Å². The van der Waals surface area contributed by atoms with Crippen LogP contribution in [-0.4, -0.2) is 30.3 Å². The van der Waals surface area contributed by atoms with Gasteiger partial charge in [-0.2, -0.15) is 0 Å². The Morgan fingerprint density at radius 1 is 1.00 bits per heavy atom. The van der Waals surface area contributed by atoms with E-state index < -0.39 is 0 Å². The Balaban J connectivity index is 2.25. The first kappa shape index (κ1) is 15.5. The highest BCUT2D eigenvalue weighted by molar-refractivity contribution is 7.98. The van der Waals surface area contributed by atoms with Crippen molar-refractivity contribution in [3.63, 3.8) is 0 Å². The van der Waals surface area contributed by atoms with Gasteiger partial charge < -0.3 is 5.32 Å². The molecule has 0 spiro atoms. The van der Waals surface area contributed by atoms with E-state index in [1.165, 1.54) is 11.8 Å². The summed E-state index contributed by atoms with van der Waals surface area (Å²) < 4.78 is 0. The van der Waals surface area contributed by atoms with Crippen LogP contribution in [0.1, 0.15) is 49.1 Å². The molecular weight excluding hydrogens is 310 g/mol. The van der Waals surface area contributed by atoms with E-state index in [0.29, 0.717) is 39.3 Å². The first-order chi connectivity index (χ1) is 11.1. The van der Waals surface area contributed by atoms with E-state index in [-0.39, 0.29) is 17.5 Å². The van der Waals surface area contributed by atoms with Gasteiger partial charge in [-0.1, -0.05) is 24.3 Å². The fourth-order valence-electron chi connectivity index (χ4n) is 2.80. The molecule has 4 nitrogen and oxygen atoms in total. The smallest absolute Gasteiger partial charge is 0.252 e. The number of hydrogen-bond acceptors (Lipinski definition) is 4. The maximum Gasteiger partial charge on any atom is 0.252 e. The Morgan fingerprint density at radius 3 is 2.26 bits per heavy atom. The van der Waals surface area contributed by atoms with Gasteiger partial charge in [-0.15, -0.1) is 11.8 Å². The minimum Gasteiger partial charge on any atom is -0.352 e. The maximum absolute atomic E-state index is 12.9. The molecule has 0 heterocycles. The van der Waals surface area contributed by atoms with Gasteiger partial charge in [0.15, 0.2) is 11.6 Å². The summed E-state index contributed by atoms with van der Waals surface area (Å²) in [4.78, 5) is 38.3. The third-order valence-electron chi connectivity index (χ3n) is 3.83. The molecule has 0 fully saturated rings. The summed E-state index contributed by atoms with van der Waals surface area (Å²) in [5.41, 5.74) is 1.95. The fourth-order valence-corrected chi connectivity index (χ4v) is 3.59. The second-order valence-corrected chi connectivity index (χ2v) is 5.95. The summed E-state index contributed by atoms with van der Waals surface area (Å²) in [6.07, 6.45) is 1.80. The molecule has 0 saturated heterocycles. The Morgan fingerprint density at radius 2 is 1.65 bits per heavy atom. The Kier molecular flexibility index (Phi) is 4.05. The zero-order chi connectivity index (χ0) is 16.6.